The molecule has 0 spiro atoms. The molecule has 0 bridgehead atoms. The number of amides is 1. The number of carbonyl (C=O) groups is 1. The van der Waals surface area contributed by atoms with Crippen molar-refractivity contribution in [1.82, 2.24) is 15.1 Å². The molecular weight excluding hydrogens is 302 g/mol. The Morgan fingerprint density at radius 3 is 2.42 bits per heavy atom. The summed E-state index contributed by atoms with van der Waals surface area (Å²) in [4.78, 5) is 25.4. The van der Waals surface area contributed by atoms with Crippen LogP contribution in [0.4, 0.5) is 0 Å². The van der Waals surface area contributed by atoms with Crippen molar-refractivity contribution in [3.05, 3.63) is 40.3 Å². The van der Waals surface area contributed by atoms with Crippen molar-refractivity contribution in [2.45, 2.75) is 51.6 Å². The van der Waals surface area contributed by atoms with Gasteiger partial charge in [-0.25, -0.2) is 4.68 Å². The number of aromatic nitrogens is 2. The van der Waals surface area contributed by atoms with E-state index in [0.29, 0.717) is 34.3 Å². The molecule has 0 saturated heterocycles. The quantitative estimate of drug-likeness (QED) is 0.944. The summed E-state index contributed by atoms with van der Waals surface area (Å²) in [7, 11) is 0. The first-order valence-corrected chi connectivity index (χ1v) is 8.90. The molecule has 1 heterocycles. The van der Waals surface area contributed by atoms with Crippen LogP contribution < -0.4 is 10.9 Å². The molecule has 5 nitrogen and oxygen atoms in total. The zero-order chi connectivity index (χ0) is 16.8. The third-order valence-corrected chi connectivity index (χ3v) is 5.49. The number of hydrogen-bond acceptors (Lipinski definition) is 3. The van der Waals surface area contributed by atoms with Crippen molar-refractivity contribution in [2.24, 2.45) is 11.8 Å². The minimum absolute atomic E-state index is 0.0860. The van der Waals surface area contributed by atoms with E-state index in [-0.39, 0.29) is 17.5 Å². The van der Waals surface area contributed by atoms with Crippen molar-refractivity contribution >= 4 is 16.7 Å². The summed E-state index contributed by atoms with van der Waals surface area (Å²) >= 11 is 0. The van der Waals surface area contributed by atoms with Gasteiger partial charge in [-0.3, -0.25) is 9.59 Å². The summed E-state index contributed by atoms with van der Waals surface area (Å²) in [6.07, 6.45) is 4.98. The maximum absolute atomic E-state index is 12.8. The predicted octanol–water partition coefficient (Wildman–Crippen LogP) is 2.90. The maximum Gasteiger partial charge on any atom is 0.274 e. The highest BCUT2D eigenvalue weighted by atomic mass is 16.2. The van der Waals surface area contributed by atoms with E-state index in [1.165, 1.54) is 30.4 Å². The molecule has 1 aromatic heterocycles. The SMILES string of the molecule is CC(C)n1nc(C(=O)NC2C3CCCCC32)c2ccccc2c1=O. The molecule has 0 aliphatic heterocycles. The Hall–Kier alpha value is -2.17. The van der Waals surface area contributed by atoms with Gasteiger partial charge in [0.1, 0.15) is 0 Å². The van der Waals surface area contributed by atoms with Gasteiger partial charge in [0.2, 0.25) is 0 Å². The van der Waals surface area contributed by atoms with Crippen LogP contribution in [0.15, 0.2) is 29.1 Å². The number of hydrogen-bond donors (Lipinski definition) is 1. The van der Waals surface area contributed by atoms with Gasteiger partial charge >= 0.3 is 0 Å². The monoisotopic (exact) mass is 325 g/mol. The van der Waals surface area contributed by atoms with Gasteiger partial charge in [0.25, 0.3) is 11.5 Å². The lowest BCUT2D eigenvalue weighted by Crippen LogP contribution is -2.33. The van der Waals surface area contributed by atoms with E-state index < -0.39 is 0 Å². The van der Waals surface area contributed by atoms with E-state index in [2.05, 4.69) is 10.4 Å². The maximum atomic E-state index is 12.8. The third-order valence-electron chi connectivity index (χ3n) is 5.49. The summed E-state index contributed by atoms with van der Waals surface area (Å²) in [5.41, 5.74) is 0.222. The van der Waals surface area contributed by atoms with Crippen LogP contribution in [0, 0.1) is 11.8 Å². The van der Waals surface area contributed by atoms with Gasteiger partial charge in [0, 0.05) is 11.4 Å². The van der Waals surface area contributed by atoms with E-state index in [1.807, 2.05) is 32.0 Å². The van der Waals surface area contributed by atoms with Crippen molar-refractivity contribution in [3.8, 4) is 0 Å². The van der Waals surface area contributed by atoms with Gasteiger partial charge in [0.05, 0.1) is 11.4 Å². The molecule has 2 unspecified atom stereocenters. The minimum atomic E-state index is -0.153. The van der Waals surface area contributed by atoms with Crippen molar-refractivity contribution < 1.29 is 4.79 Å². The molecule has 2 fully saturated rings. The first-order chi connectivity index (χ1) is 11.6. The Labute approximate surface area is 141 Å². The molecule has 1 N–H and O–H groups in total. The lowest BCUT2D eigenvalue weighted by molar-refractivity contribution is 0.0941. The smallest absolute Gasteiger partial charge is 0.274 e. The standard InChI is InChI=1S/C19H23N3O2/c1-11(2)22-19(24)15-10-6-5-9-14(15)17(21-22)18(23)20-16-12-7-3-4-8-13(12)16/h5-6,9-13,16H,3-4,7-8H2,1-2H3,(H,20,23). The van der Waals surface area contributed by atoms with Crippen LogP contribution in [0.5, 0.6) is 0 Å². The second-order valence-electron chi connectivity index (χ2n) is 7.35. The molecule has 4 rings (SSSR count). The summed E-state index contributed by atoms with van der Waals surface area (Å²) in [6.45, 7) is 3.81. The number of carbonyl (C=O) groups excluding carboxylic acids is 1. The molecule has 24 heavy (non-hydrogen) atoms. The number of benzene rings is 1. The number of nitrogens with zero attached hydrogens (tertiary/aromatic N) is 2. The van der Waals surface area contributed by atoms with Crippen LogP contribution in [0.25, 0.3) is 10.8 Å². The molecule has 0 radical (unpaired) electrons. The first-order valence-electron chi connectivity index (χ1n) is 8.90. The molecule has 2 saturated carbocycles. The fourth-order valence-corrected chi connectivity index (χ4v) is 4.15. The zero-order valence-corrected chi connectivity index (χ0v) is 14.2. The summed E-state index contributed by atoms with van der Waals surface area (Å²) < 4.78 is 1.41. The van der Waals surface area contributed by atoms with Gasteiger partial charge in [-0.05, 0) is 44.6 Å². The summed E-state index contributed by atoms with van der Waals surface area (Å²) in [5, 5.41) is 8.76. The second kappa shape index (κ2) is 5.72. The van der Waals surface area contributed by atoms with Gasteiger partial charge in [0.15, 0.2) is 5.69 Å². The van der Waals surface area contributed by atoms with Crippen LogP contribution in [-0.2, 0) is 0 Å². The lowest BCUT2D eigenvalue weighted by Gasteiger charge is -2.13. The number of nitrogens with one attached hydrogen (secondary N) is 1. The Balaban J connectivity index is 1.71. The van der Waals surface area contributed by atoms with E-state index in [9.17, 15) is 9.59 Å². The van der Waals surface area contributed by atoms with Crippen molar-refractivity contribution in [2.75, 3.05) is 0 Å². The van der Waals surface area contributed by atoms with Crippen LogP contribution in [0.3, 0.4) is 0 Å². The van der Waals surface area contributed by atoms with Gasteiger partial charge in [-0.2, -0.15) is 5.10 Å². The van der Waals surface area contributed by atoms with E-state index in [0.717, 1.165) is 0 Å². The Morgan fingerprint density at radius 1 is 1.17 bits per heavy atom. The first kappa shape index (κ1) is 15.4. The Morgan fingerprint density at radius 2 is 1.79 bits per heavy atom. The van der Waals surface area contributed by atoms with Gasteiger partial charge in [-0.1, -0.05) is 31.0 Å². The molecule has 2 aliphatic carbocycles. The molecule has 2 aliphatic rings. The fourth-order valence-electron chi connectivity index (χ4n) is 4.15. The van der Waals surface area contributed by atoms with E-state index in [1.54, 1.807) is 6.07 Å². The normalized spacial score (nSPS) is 25.5. The number of rotatable bonds is 3. The molecule has 126 valence electrons. The van der Waals surface area contributed by atoms with E-state index >= 15 is 0 Å². The minimum Gasteiger partial charge on any atom is -0.347 e. The largest absolute Gasteiger partial charge is 0.347 e. The molecule has 2 atom stereocenters. The Kier molecular flexibility index (Phi) is 3.66. The fraction of sp³-hybridized carbons (Fsp3) is 0.526. The number of fused-ring (bicyclic) bond motifs is 2. The predicted molar refractivity (Wildman–Crippen MR) is 93.1 cm³/mol. The Bertz CT molecular complexity index is 843. The topological polar surface area (TPSA) is 64.0 Å². The van der Waals surface area contributed by atoms with Crippen molar-refractivity contribution in [3.63, 3.8) is 0 Å². The highest BCUT2D eigenvalue weighted by Gasteiger charge is 2.51. The van der Waals surface area contributed by atoms with E-state index in [4.69, 9.17) is 0 Å². The highest BCUT2D eigenvalue weighted by Crippen LogP contribution is 2.49. The van der Waals surface area contributed by atoms with Crippen LogP contribution in [-0.4, -0.2) is 21.7 Å². The van der Waals surface area contributed by atoms with Crippen LogP contribution in [0.1, 0.15) is 56.1 Å². The van der Waals surface area contributed by atoms with Gasteiger partial charge in [-0.15, -0.1) is 0 Å². The molecular formula is C19H23N3O2. The molecule has 1 aromatic carbocycles. The van der Waals surface area contributed by atoms with Crippen LogP contribution in [0.2, 0.25) is 0 Å². The zero-order valence-electron chi connectivity index (χ0n) is 14.2. The van der Waals surface area contributed by atoms with Crippen molar-refractivity contribution in [1.29, 1.82) is 0 Å². The summed E-state index contributed by atoms with van der Waals surface area (Å²) in [6, 6.07) is 7.45. The third kappa shape index (κ3) is 2.43. The average Bonchev–Trinajstić information content (AvgIpc) is 3.28. The lowest BCUT2D eigenvalue weighted by atomic mass is 10.0. The molecule has 2 aromatic rings. The highest BCUT2D eigenvalue weighted by molar-refractivity contribution is 6.05. The second-order valence-corrected chi connectivity index (χ2v) is 7.35. The molecule has 1 amide bonds. The van der Waals surface area contributed by atoms with Gasteiger partial charge < -0.3 is 5.32 Å². The summed E-state index contributed by atoms with van der Waals surface area (Å²) in [5.74, 6) is 1.13. The molecule has 5 heteroatoms. The van der Waals surface area contributed by atoms with Crippen LogP contribution >= 0.6 is 0 Å². The average molecular weight is 325 g/mol.